The fourth-order valence-electron chi connectivity index (χ4n) is 3.56. The molecule has 0 bridgehead atoms. The topological polar surface area (TPSA) is 76.7 Å². The Labute approximate surface area is 207 Å². The third-order valence-corrected chi connectivity index (χ3v) is 5.70. The van der Waals surface area contributed by atoms with Gasteiger partial charge in [-0.1, -0.05) is 61.2 Å². The Kier molecular flexibility index (Phi) is 9.30. The standard InChI is InChI=1S/C29H34N2O4/c1-5-6-7-18-35-25-17-16-24(19-26(25)34-4)27(30-28(32)22-12-8-20(2)9-13-22)31-29(33)23-14-10-21(3)11-15-23/h8-17,19,27H,5-7,18H2,1-4H3,(H,30,32)(H,31,33). The van der Waals surface area contributed by atoms with Crippen molar-refractivity contribution in [2.24, 2.45) is 0 Å². The van der Waals surface area contributed by atoms with Crippen LogP contribution in [0.1, 0.15) is 69.8 Å². The number of nitrogens with one attached hydrogen (secondary N) is 2. The fourth-order valence-corrected chi connectivity index (χ4v) is 3.56. The largest absolute Gasteiger partial charge is 0.493 e. The van der Waals surface area contributed by atoms with Gasteiger partial charge in [-0.15, -0.1) is 0 Å². The van der Waals surface area contributed by atoms with Crippen LogP contribution < -0.4 is 20.1 Å². The molecule has 0 aliphatic rings. The van der Waals surface area contributed by atoms with Gasteiger partial charge in [-0.25, -0.2) is 0 Å². The van der Waals surface area contributed by atoms with Crippen molar-refractivity contribution in [3.8, 4) is 11.5 Å². The molecule has 0 saturated carbocycles. The summed E-state index contributed by atoms with van der Waals surface area (Å²) >= 11 is 0. The third kappa shape index (κ3) is 7.34. The van der Waals surface area contributed by atoms with Crippen molar-refractivity contribution in [3.05, 3.63) is 94.5 Å². The Morgan fingerprint density at radius 2 is 1.31 bits per heavy atom. The minimum Gasteiger partial charge on any atom is -0.493 e. The minimum absolute atomic E-state index is 0.293. The molecule has 0 fully saturated rings. The Bertz CT molecular complexity index is 1060. The molecule has 0 unspecified atom stereocenters. The van der Waals surface area contributed by atoms with E-state index in [1.54, 1.807) is 37.4 Å². The van der Waals surface area contributed by atoms with Gasteiger partial charge in [0.2, 0.25) is 0 Å². The van der Waals surface area contributed by atoms with Crippen molar-refractivity contribution in [3.63, 3.8) is 0 Å². The van der Waals surface area contributed by atoms with Gasteiger partial charge in [-0.3, -0.25) is 9.59 Å². The van der Waals surface area contributed by atoms with Crippen LogP contribution in [0, 0.1) is 13.8 Å². The van der Waals surface area contributed by atoms with Crippen molar-refractivity contribution in [2.75, 3.05) is 13.7 Å². The van der Waals surface area contributed by atoms with Gasteiger partial charge in [0.25, 0.3) is 11.8 Å². The molecule has 0 aromatic heterocycles. The zero-order chi connectivity index (χ0) is 25.2. The first-order valence-corrected chi connectivity index (χ1v) is 12.0. The maximum Gasteiger partial charge on any atom is 0.253 e. The van der Waals surface area contributed by atoms with Gasteiger partial charge in [0.05, 0.1) is 13.7 Å². The molecule has 184 valence electrons. The molecule has 0 spiro atoms. The summed E-state index contributed by atoms with van der Waals surface area (Å²) in [5.41, 5.74) is 3.81. The van der Waals surface area contributed by atoms with Gasteiger partial charge in [-0.05, 0) is 62.2 Å². The molecule has 3 aromatic rings. The molecular formula is C29H34N2O4. The Morgan fingerprint density at radius 3 is 1.80 bits per heavy atom. The number of hydrogen-bond donors (Lipinski definition) is 2. The predicted octanol–water partition coefficient (Wildman–Crippen LogP) is 5.74. The molecule has 0 atom stereocenters. The summed E-state index contributed by atoms with van der Waals surface area (Å²) < 4.78 is 11.4. The quantitative estimate of drug-likeness (QED) is 0.274. The summed E-state index contributed by atoms with van der Waals surface area (Å²) in [6, 6.07) is 20.0. The first-order valence-electron chi connectivity index (χ1n) is 12.0. The van der Waals surface area contributed by atoms with Crippen LogP contribution >= 0.6 is 0 Å². The highest BCUT2D eigenvalue weighted by Gasteiger charge is 2.21. The third-order valence-electron chi connectivity index (χ3n) is 5.70. The van der Waals surface area contributed by atoms with Gasteiger partial charge in [0.1, 0.15) is 6.17 Å². The van der Waals surface area contributed by atoms with Crippen molar-refractivity contribution in [1.29, 1.82) is 0 Å². The monoisotopic (exact) mass is 474 g/mol. The number of unbranched alkanes of at least 4 members (excludes halogenated alkanes) is 2. The summed E-state index contributed by atoms with van der Waals surface area (Å²) in [4.78, 5) is 26.0. The maximum atomic E-state index is 13.0. The molecule has 0 aliphatic carbocycles. The highest BCUT2D eigenvalue weighted by atomic mass is 16.5. The number of carbonyl (C=O) groups excluding carboxylic acids is 2. The Balaban J connectivity index is 1.86. The number of hydrogen-bond acceptors (Lipinski definition) is 4. The van der Waals surface area contributed by atoms with Gasteiger partial charge in [0.15, 0.2) is 11.5 Å². The van der Waals surface area contributed by atoms with E-state index in [9.17, 15) is 9.59 Å². The number of methoxy groups -OCH3 is 1. The van der Waals surface area contributed by atoms with Gasteiger partial charge >= 0.3 is 0 Å². The van der Waals surface area contributed by atoms with E-state index in [1.807, 2.05) is 50.2 Å². The second-order valence-electron chi connectivity index (χ2n) is 8.58. The lowest BCUT2D eigenvalue weighted by molar-refractivity contribution is 0.0883. The van der Waals surface area contributed by atoms with E-state index < -0.39 is 6.17 Å². The maximum absolute atomic E-state index is 13.0. The SMILES string of the molecule is CCCCCOc1ccc(C(NC(=O)c2ccc(C)cc2)NC(=O)c2ccc(C)cc2)cc1OC. The van der Waals surface area contributed by atoms with E-state index in [-0.39, 0.29) is 11.8 Å². The summed E-state index contributed by atoms with van der Waals surface area (Å²) in [7, 11) is 1.57. The lowest BCUT2D eigenvalue weighted by Gasteiger charge is -2.22. The van der Waals surface area contributed by atoms with Crippen molar-refractivity contribution < 1.29 is 19.1 Å². The predicted molar refractivity (Wildman–Crippen MR) is 138 cm³/mol. The molecular weight excluding hydrogens is 440 g/mol. The number of benzene rings is 3. The van der Waals surface area contributed by atoms with E-state index in [0.717, 1.165) is 30.4 Å². The van der Waals surface area contributed by atoms with Crippen LogP contribution in [0.2, 0.25) is 0 Å². The van der Waals surface area contributed by atoms with E-state index in [0.29, 0.717) is 34.8 Å². The second kappa shape index (κ2) is 12.6. The van der Waals surface area contributed by atoms with Crippen molar-refractivity contribution in [1.82, 2.24) is 10.6 Å². The zero-order valence-corrected chi connectivity index (χ0v) is 20.9. The molecule has 0 aliphatic heterocycles. The number of rotatable bonds is 11. The molecule has 6 nitrogen and oxygen atoms in total. The van der Waals surface area contributed by atoms with Crippen LogP contribution in [0.25, 0.3) is 0 Å². The van der Waals surface area contributed by atoms with Gasteiger partial charge in [0, 0.05) is 11.1 Å². The summed E-state index contributed by atoms with van der Waals surface area (Å²) in [5.74, 6) is 0.579. The molecule has 35 heavy (non-hydrogen) atoms. The normalized spacial score (nSPS) is 10.7. The fraction of sp³-hybridized carbons (Fsp3) is 0.310. The van der Waals surface area contributed by atoms with Crippen LogP contribution in [-0.4, -0.2) is 25.5 Å². The van der Waals surface area contributed by atoms with E-state index in [4.69, 9.17) is 9.47 Å². The molecule has 2 amide bonds. The molecule has 0 saturated heterocycles. The Hall–Kier alpha value is -3.80. The van der Waals surface area contributed by atoms with Crippen LogP contribution in [0.4, 0.5) is 0 Å². The van der Waals surface area contributed by atoms with Crippen molar-refractivity contribution in [2.45, 2.75) is 46.2 Å². The first kappa shape index (κ1) is 25.8. The van der Waals surface area contributed by atoms with E-state index in [2.05, 4.69) is 17.6 Å². The lowest BCUT2D eigenvalue weighted by Crippen LogP contribution is -2.41. The number of carbonyl (C=O) groups is 2. The number of aryl methyl sites for hydroxylation is 2. The average molecular weight is 475 g/mol. The van der Waals surface area contributed by atoms with Crippen LogP contribution in [-0.2, 0) is 0 Å². The summed E-state index contributed by atoms with van der Waals surface area (Å²) in [6.45, 7) is 6.67. The zero-order valence-electron chi connectivity index (χ0n) is 20.9. The number of amides is 2. The number of ether oxygens (including phenoxy) is 2. The Morgan fingerprint density at radius 1 is 0.771 bits per heavy atom. The van der Waals surface area contributed by atoms with E-state index in [1.165, 1.54) is 0 Å². The molecule has 0 heterocycles. The molecule has 3 aromatic carbocycles. The van der Waals surface area contributed by atoms with E-state index >= 15 is 0 Å². The van der Waals surface area contributed by atoms with Crippen LogP contribution in [0.5, 0.6) is 11.5 Å². The van der Waals surface area contributed by atoms with Crippen LogP contribution in [0.3, 0.4) is 0 Å². The second-order valence-corrected chi connectivity index (χ2v) is 8.58. The minimum atomic E-state index is -0.777. The highest BCUT2D eigenvalue weighted by molar-refractivity contribution is 5.96. The summed E-state index contributed by atoms with van der Waals surface area (Å²) in [6.07, 6.45) is 2.39. The summed E-state index contributed by atoms with van der Waals surface area (Å²) in [5, 5.41) is 5.89. The lowest BCUT2D eigenvalue weighted by atomic mass is 10.1. The van der Waals surface area contributed by atoms with Gasteiger partial charge < -0.3 is 20.1 Å². The molecule has 2 N–H and O–H groups in total. The molecule has 6 heteroatoms. The molecule has 3 rings (SSSR count). The van der Waals surface area contributed by atoms with Crippen LogP contribution in [0.15, 0.2) is 66.7 Å². The smallest absolute Gasteiger partial charge is 0.253 e. The average Bonchev–Trinajstić information content (AvgIpc) is 2.87. The van der Waals surface area contributed by atoms with Crippen molar-refractivity contribution >= 4 is 11.8 Å². The van der Waals surface area contributed by atoms with Gasteiger partial charge in [-0.2, -0.15) is 0 Å². The first-order chi connectivity index (χ1) is 16.9. The molecule has 0 radical (unpaired) electrons. The highest BCUT2D eigenvalue weighted by Crippen LogP contribution is 2.30.